The van der Waals surface area contributed by atoms with Gasteiger partial charge in [-0.3, -0.25) is 0 Å². The minimum Gasteiger partial charge on any atom is -0.480 e. The van der Waals surface area contributed by atoms with Crippen molar-refractivity contribution in [3.8, 4) is 6.07 Å². The topological polar surface area (TPSA) is 77.2 Å². The number of aliphatic carboxylic acids is 1. The number of carboxylic acids is 1. The number of para-hydroxylation sites is 1. The van der Waals surface area contributed by atoms with Gasteiger partial charge in [-0.15, -0.1) is 0 Å². The van der Waals surface area contributed by atoms with E-state index in [9.17, 15) is 15.2 Å². The van der Waals surface area contributed by atoms with E-state index in [1.54, 1.807) is 18.0 Å². The maximum absolute atomic E-state index is 11.2. The summed E-state index contributed by atoms with van der Waals surface area (Å²) in [5.74, 6) is -0.405. The summed E-state index contributed by atoms with van der Waals surface area (Å²) in [5, 5.41) is 19.2. The summed E-state index contributed by atoms with van der Waals surface area (Å²) in [4.78, 5) is 17.3. The quantitative estimate of drug-likeness (QED) is 0.922. The Kier molecular flexibility index (Phi) is 3.85. The Bertz CT molecular complexity index is 691. The molecule has 0 spiro atoms. The van der Waals surface area contributed by atoms with Crippen molar-refractivity contribution in [3.63, 3.8) is 0 Å². The first-order valence-electron chi connectivity index (χ1n) is 6.34. The Balaban J connectivity index is 2.55. The van der Waals surface area contributed by atoms with E-state index in [0.29, 0.717) is 23.3 Å². The van der Waals surface area contributed by atoms with Gasteiger partial charge in [0.25, 0.3) is 0 Å². The van der Waals surface area contributed by atoms with Crippen molar-refractivity contribution in [3.05, 3.63) is 35.9 Å². The molecule has 1 atom stereocenters. The molecule has 2 rings (SSSR count). The number of benzene rings is 1. The summed E-state index contributed by atoms with van der Waals surface area (Å²) in [6, 6.07) is 10.4. The first-order chi connectivity index (χ1) is 9.58. The van der Waals surface area contributed by atoms with E-state index in [1.165, 1.54) is 0 Å². The summed E-state index contributed by atoms with van der Waals surface area (Å²) >= 11 is 0. The highest BCUT2D eigenvalue weighted by Crippen LogP contribution is 2.23. The zero-order chi connectivity index (χ0) is 14.7. The molecule has 0 amide bonds. The van der Waals surface area contributed by atoms with Crippen LogP contribution in [0.2, 0.25) is 0 Å². The molecule has 0 bridgehead atoms. The van der Waals surface area contributed by atoms with E-state index in [2.05, 4.69) is 11.1 Å². The van der Waals surface area contributed by atoms with Gasteiger partial charge in [-0.1, -0.05) is 25.1 Å². The highest BCUT2D eigenvalue weighted by atomic mass is 16.4. The average molecular weight is 269 g/mol. The van der Waals surface area contributed by atoms with Gasteiger partial charge in [0.2, 0.25) is 0 Å². The van der Waals surface area contributed by atoms with Gasteiger partial charge in [0.05, 0.1) is 17.1 Å². The third kappa shape index (κ3) is 2.41. The van der Waals surface area contributed by atoms with Crippen LogP contribution in [-0.4, -0.2) is 29.1 Å². The summed E-state index contributed by atoms with van der Waals surface area (Å²) in [6.07, 6.45) is 0.461. The van der Waals surface area contributed by atoms with E-state index in [1.807, 2.05) is 31.2 Å². The third-order valence-electron chi connectivity index (χ3n) is 3.32. The molecule has 0 aliphatic heterocycles. The second-order valence-electron chi connectivity index (χ2n) is 4.53. The maximum Gasteiger partial charge on any atom is 0.326 e. The molecule has 1 N–H and O–H groups in total. The monoisotopic (exact) mass is 269 g/mol. The Morgan fingerprint density at radius 2 is 2.20 bits per heavy atom. The van der Waals surface area contributed by atoms with Gasteiger partial charge >= 0.3 is 5.97 Å². The van der Waals surface area contributed by atoms with Crippen molar-refractivity contribution >= 4 is 22.7 Å². The highest BCUT2D eigenvalue weighted by molar-refractivity contribution is 5.87. The van der Waals surface area contributed by atoms with Crippen molar-refractivity contribution in [2.45, 2.75) is 19.4 Å². The number of aromatic nitrogens is 1. The molecule has 0 fully saturated rings. The van der Waals surface area contributed by atoms with E-state index in [4.69, 9.17) is 0 Å². The number of hydrogen-bond donors (Lipinski definition) is 1. The molecule has 0 saturated carbocycles. The molecular formula is C15H15N3O2. The SMILES string of the molecule is CCC(C(=O)O)N(C)c1cc(C#N)c2ccccc2n1. The molecule has 20 heavy (non-hydrogen) atoms. The third-order valence-corrected chi connectivity index (χ3v) is 3.32. The van der Waals surface area contributed by atoms with Crippen LogP contribution in [0.25, 0.3) is 10.9 Å². The predicted molar refractivity (Wildman–Crippen MR) is 76.6 cm³/mol. The van der Waals surface area contributed by atoms with E-state index in [-0.39, 0.29) is 0 Å². The Morgan fingerprint density at radius 3 is 2.80 bits per heavy atom. The molecular weight excluding hydrogens is 254 g/mol. The summed E-state index contributed by atoms with van der Waals surface area (Å²) in [6.45, 7) is 1.81. The van der Waals surface area contributed by atoms with Crippen molar-refractivity contribution in [1.29, 1.82) is 5.26 Å². The summed E-state index contributed by atoms with van der Waals surface area (Å²) in [5.41, 5.74) is 1.19. The lowest BCUT2D eigenvalue weighted by Gasteiger charge is -2.25. The molecule has 1 unspecified atom stereocenters. The van der Waals surface area contributed by atoms with Crippen LogP contribution in [0.4, 0.5) is 5.82 Å². The van der Waals surface area contributed by atoms with Crippen molar-refractivity contribution in [2.75, 3.05) is 11.9 Å². The number of nitriles is 1. The zero-order valence-electron chi connectivity index (χ0n) is 11.4. The van der Waals surface area contributed by atoms with Gasteiger partial charge in [0, 0.05) is 12.4 Å². The number of pyridine rings is 1. The lowest BCUT2D eigenvalue weighted by molar-refractivity contribution is -0.138. The molecule has 0 aliphatic rings. The van der Waals surface area contributed by atoms with Crippen LogP contribution < -0.4 is 4.90 Å². The number of anilines is 1. The fraction of sp³-hybridized carbons (Fsp3) is 0.267. The highest BCUT2D eigenvalue weighted by Gasteiger charge is 2.22. The molecule has 102 valence electrons. The summed E-state index contributed by atoms with van der Waals surface area (Å²) in [7, 11) is 1.68. The Hall–Kier alpha value is -2.61. The Morgan fingerprint density at radius 1 is 1.50 bits per heavy atom. The van der Waals surface area contributed by atoms with E-state index < -0.39 is 12.0 Å². The van der Waals surface area contributed by atoms with Crippen LogP contribution in [0.3, 0.4) is 0 Å². The standard InChI is InChI=1S/C15H15N3O2/c1-3-13(15(19)20)18(2)14-8-10(9-16)11-6-4-5-7-12(11)17-14/h4-8,13H,3H2,1-2H3,(H,19,20). The fourth-order valence-corrected chi connectivity index (χ4v) is 2.21. The van der Waals surface area contributed by atoms with Crippen molar-refractivity contribution in [1.82, 2.24) is 4.98 Å². The minimum absolute atomic E-state index is 0.461. The normalized spacial score (nSPS) is 11.8. The molecule has 0 saturated heterocycles. The van der Waals surface area contributed by atoms with Gasteiger partial charge < -0.3 is 10.0 Å². The maximum atomic E-state index is 11.2. The number of fused-ring (bicyclic) bond motifs is 1. The summed E-state index contributed by atoms with van der Waals surface area (Å²) < 4.78 is 0. The van der Waals surface area contributed by atoms with Crippen LogP contribution in [0.5, 0.6) is 0 Å². The smallest absolute Gasteiger partial charge is 0.326 e. The lowest BCUT2D eigenvalue weighted by atomic mass is 10.1. The molecule has 5 nitrogen and oxygen atoms in total. The number of carbonyl (C=O) groups is 1. The van der Waals surface area contributed by atoms with Crippen molar-refractivity contribution in [2.24, 2.45) is 0 Å². The fourth-order valence-electron chi connectivity index (χ4n) is 2.21. The molecule has 0 radical (unpaired) electrons. The number of rotatable bonds is 4. The van der Waals surface area contributed by atoms with Gasteiger partial charge in [-0.05, 0) is 18.6 Å². The number of hydrogen-bond acceptors (Lipinski definition) is 4. The van der Waals surface area contributed by atoms with Crippen molar-refractivity contribution < 1.29 is 9.90 Å². The number of nitrogens with zero attached hydrogens (tertiary/aromatic N) is 3. The van der Waals surface area contributed by atoms with Crippen LogP contribution in [0, 0.1) is 11.3 Å². The van der Waals surface area contributed by atoms with Crippen LogP contribution >= 0.6 is 0 Å². The Labute approximate surface area is 117 Å². The second-order valence-corrected chi connectivity index (χ2v) is 4.53. The zero-order valence-corrected chi connectivity index (χ0v) is 11.4. The van der Waals surface area contributed by atoms with Gasteiger partial charge in [-0.2, -0.15) is 5.26 Å². The average Bonchev–Trinajstić information content (AvgIpc) is 2.46. The van der Waals surface area contributed by atoms with Gasteiger partial charge in [0.15, 0.2) is 0 Å². The van der Waals surface area contributed by atoms with Crippen LogP contribution in [0.1, 0.15) is 18.9 Å². The van der Waals surface area contributed by atoms with Crippen LogP contribution in [-0.2, 0) is 4.79 Å². The molecule has 0 aliphatic carbocycles. The van der Waals surface area contributed by atoms with Gasteiger partial charge in [0.1, 0.15) is 11.9 Å². The predicted octanol–water partition coefficient (Wildman–Crippen LogP) is 2.41. The lowest BCUT2D eigenvalue weighted by Crippen LogP contribution is -2.38. The first-order valence-corrected chi connectivity index (χ1v) is 6.34. The first kappa shape index (κ1) is 13.8. The largest absolute Gasteiger partial charge is 0.480 e. The molecule has 1 aromatic heterocycles. The molecule has 2 aromatic rings. The number of carboxylic acid groups (broad SMARTS) is 1. The van der Waals surface area contributed by atoms with E-state index >= 15 is 0 Å². The second kappa shape index (κ2) is 5.57. The van der Waals surface area contributed by atoms with Crippen LogP contribution in [0.15, 0.2) is 30.3 Å². The molecule has 5 heteroatoms. The number of likely N-dealkylation sites (N-methyl/N-ethyl adjacent to an activating group) is 1. The minimum atomic E-state index is -0.900. The molecule has 1 heterocycles. The molecule has 1 aromatic carbocycles. The van der Waals surface area contributed by atoms with E-state index in [0.717, 1.165) is 5.39 Å². The van der Waals surface area contributed by atoms with Gasteiger partial charge in [-0.25, -0.2) is 9.78 Å².